The van der Waals surface area contributed by atoms with E-state index in [1.807, 2.05) is 30.3 Å². The summed E-state index contributed by atoms with van der Waals surface area (Å²) in [7, 11) is 0. The molecule has 4 nitrogen and oxygen atoms in total. The van der Waals surface area contributed by atoms with E-state index in [2.05, 4.69) is 10.1 Å². The Balaban J connectivity index is 1.78. The van der Waals surface area contributed by atoms with E-state index in [1.54, 1.807) is 12.1 Å². The molecule has 0 spiro atoms. The average Bonchev–Trinajstić information content (AvgIpc) is 3.15. The third kappa shape index (κ3) is 2.38. The van der Waals surface area contributed by atoms with Crippen LogP contribution in [0, 0.1) is 0 Å². The summed E-state index contributed by atoms with van der Waals surface area (Å²) in [5, 5.41) is 5.25. The van der Waals surface area contributed by atoms with Crippen molar-refractivity contribution in [1.29, 1.82) is 0 Å². The number of hydrogen-bond donors (Lipinski definition) is 1. The van der Waals surface area contributed by atoms with E-state index in [0.29, 0.717) is 27.4 Å². The van der Waals surface area contributed by atoms with Crippen molar-refractivity contribution in [3.63, 3.8) is 0 Å². The van der Waals surface area contributed by atoms with Gasteiger partial charge in [-0.25, -0.2) is 0 Å². The first-order valence-electron chi connectivity index (χ1n) is 7.25. The molecule has 1 fully saturated rings. The van der Waals surface area contributed by atoms with Gasteiger partial charge in [0.15, 0.2) is 5.82 Å². The summed E-state index contributed by atoms with van der Waals surface area (Å²) in [6.07, 6.45) is 1.76. The van der Waals surface area contributed by atoms with Crippen molar-refractivity contribution in [3.05, 3.63) is 63.9 Å². The second-order valence-electron chi connectivity index (χ2n) is 5.73. The van der Waals surface area contributed by atoms with Gasteiger partial charge in [-0.3, -0.25) is 0 Å². The predicted molar refractivity (Wildman–Crippen MR) is 90.6 cm³/mol. The summed E-state index contributed by atoms with van der Waals surface area (Å²) in [4.78, 5) is 4.57. The molecular weight excluding hydrogens is 333 g/mol. The number of anilines is 1. The average molecular weight is 346 g/mol. The molecular formula is C17H13Cl2N3O. The Bertz CT molecular complexity index is 850. The van der Waals surface area contributed by atoms with Gasteiger partial charge in [0.2, 0.25) is 0 Å². The van der Waals surface area contributed by atoms with Gasteiger partial charge in [0.25, 0.3) is 5.89 Å². The lowest BCUT2D eigenvalue weighted by molar-refractivity contribution is 0.418. The van der Waals surface area contributed by atoms with E-state index >= 15 is 0 Å². The highest BCUT2D eigenvalue weighted by atomic mass is 35.5. The molecule has 0 unspecified atom stereocenters. The molecule has 1 saturated carbocycles. The van der Waals surface area contributed by atoms with E-state index in [-0.39, 0.29) is 5.41 Å². The summed E-state index contributed by atoms with van der Waals surface area (Å²) < 4.78 is 5.43. The van der Waals surface area contributed by atoms with Gasteiger partial charge in [0, 0.05) is 26.9 Å². The minimum Gasteiger partial charge on any atom is -0.399 e. The fourth-order valence-electron chi connectivity index (χ4n) is 2.88. The van der Waals surface area contributed by atoms with Gasteiger partial charge in [-0.2, -0.15) is 4.98 Å². The first-order chi connectivity index (χ1) is 11.1. The van der Waals surface area contributed by atoms with Crippen molar-refractivity contribution in [1.82, 2.24) is 10.1 Å². The SMILES string of the molecule is Nc1cc(Cl)c(C2(c3noc(-c4ccccc4)n3)CC2)c(Cl)c1. The van der Waals surface area contributed by atoms with Crippen LogP contribution < -0.4 is 5.73 Å². The predicted octanol–water partition coefficient (Wildman–Crippen LogP) is 4.71. The number of nitrogens with two attached hydrogens (primary N) is 1. The summed E-state index contributed by atoms with van der Waals surface area (Å²) in [6.45, 7) is 0. The van der Waals surface area contributed by atoms with Crippen molar-refractivity contribution < 1.29 is 4.52 Å². The minimum atomic E-state index is -0.377. The molecule has 1 heterocycles. The zero-order chi connectivity index (χ0) is 16.0. The highest BCUT2D eigenvalue weighted by molar-refractivity contribution is 6.36. The Morgan fingerprint density at radius 1 is 1.04 bits per heavy atom. The van der Waals surface area contributed by atoms with Crippen molar-refractivity contribution >= 4 is 28.9 Å². The molecule has 6 heteroatoms. The molecule has 1 aromatic heterocycles. The van der Waals surface area contributed by atoms with E-state index in [9.17, 15) is 0 Å². The number of aromatic nitrogens is 2. The van der Waals surface area contributed by atoms with Crippen LogP contribution in [0.4, 0.5) is 5.69 Å². The summed E-state index contributed by atoms with van der Waals surface area (Å²) >= 11 is 12.8. The van der Waals surface area contributed by atoms with Gasteiger partial charge in [0.1, 0.15) is 0 Å². The number of halogens is 2. The molecule has 0 atom stereocenters. The summed E-state index contributed by atoms with van der Waals surface area (Å²) in [5.74, 6) is 1.11. The third-order valence-electron chi connectivity index (χ3n) is 4.17. The van der Waals surface area contributed by atoms with Crippen LogP contribution in [0.5, 0.6) is 0 Å². The van der Waals surface area contributed by atoms with Crippen LogP contribution in [-0.2, 0) is 5.41 Å². The number of nitrogens with zero attached hydrogens (tertiary/aromatic N) is 2. The molecule has 0 radical (unpaired) electrons. The smallest absolute Gasteiger partial charge is 0.257 e. The lowest BCUT2D eigenvalue weighted by Crippen LogP contribution is -2.12. The Morgan fingerprint density at radius 3 is 2.30 bits per heavy atom. The van der Waals surface area contributed by atoms with E-state index in [4.69, 9.17) is 33.5 Å². The molecule has 0 saturated heterocycles. The molecule has 116 valence electrons. The Morgan fingerprint density at radius 2 is 1.70 bits per heavy atom. The molecule has 0 aliphatic heterocycles. The van der Waals surface area contributed by atoms with Crippen LogP contribution in [0.3, 0.4) is 0 Å². The maximum Gasteiger partial charge on any atom is 0.257 e. The standard InChI is InChI=1S/C17H13Cl2N3O/c18-12-8-11(20)9-13(19)14(12)17(6-7-17)16-21-15(23-22-16)10-4-2-1-3-5-10/h1-5,8-9H,6-7,20H2. The van der Waals surface area contributed by atoms with Crippen LogP contribution in [-0.4, -0.2) is 10.1 Å². The maximum absolute atomic E-state index is 6.38. The fraction of sp³-hybridized carbons (Fsp3) is 0.176. The monoisotopic (exact) mass is 345 g/mol. The van der Waals surface area contributed by atoms with Crippen LogP contribution in [0.2, 0.25) is 10.0 Å². The Kier molecular flexibility index (Phi) is 3.32. The van der Waals surface area contributed by atoms with Crippen LogP contribution in [0.1, 0.15) is 24.2 Å². The topological polar surface area (TPSA) is 64.9 Å². The highest BCUT2D eigenvalue weighted by Gasteiger charge is 2.52. The number of rotatable bonds is 3. The molecule has 23 heavy (non-hydrogen) atoms. The van der Waals surface area contributed by atoms with Gasteiger partial charge in [-0.1, -0.05) is 46.6 Å². The molecule has 0 amide bonds. The van der Waals surface area contributed by atoms with E-state index < -0.39 is 0 Å². The number of hydrogen-bond acceptors (Lipinski definition) is 4. The van der Waals surface area contributed by atoms with Crippen molar-refractivity contribution in [2.75, 3.05) is 5.73 Å². The Labute approximate surface area is 143 Å². The van der Waals surface area contributed by atoms with Gasteiger partial charge < -0.3 is 10.3 Å². The quantitative estimate of drug-likeness (QED) is 0.698. The fourth-order valence-corrected chi connectivity index (χ4v) is 3.74. The lowest BCUT2D eigenvalue weighted by Gasteiger charge is -2.15. The molecule has 1 aliphatic rings. The largest absolute Gasteiger partial charge is 0.399 e. The second kappa shape index (κ2) is 5.25. The van der Waals surface area contributed by atoms with Crippen LogP contribution in [0.25, 0.3) is 11.5 Å². The van der Waals surface area contributed by atoms with Gasteiger partial charge >= 0.3 is 0 Å². The lowest BCUT2D eigenvalue weighted by atomic mass is 9.94. The van der Waals surface area contributed by atoms with Crippen LogP contribution >= 0.6 is 23.2 Å². The first kappa shape index (κ1) is 14.5. The normalized spacial score (nSPS) is 15.6. The minimum absolute atomic E-state index is 0.377. The summed E-state index contributed by atoms with van der Waals surface area (Å²) in [6, 6.07) is 13.1. The number of benzene rings is 2. The highest BCUT2D eigenvalue weighted by Crippen LogP contribution is 2.56. The first-order valence-corrected chi connectivity index (χ1v) is 8.00. The molecule has 0 bridgehead atoms. The second-order valence-corrected chi connectivity index (χ2v) is 6.55. The molecule has 3 aromatic rings. The molecule has 4 rings (SSSR count). The number of nitrogen functional groups attached to an aromatic ring is 1. The van der Waals surface area contributed by atoms with E-state index in [0.717, 1.165) is 24.0 Å². The molecule has 2 aromatic carbocycles. The van der Waals surface area contributed by atoms with Crippen molar-refractivity contribution in [2.24, 2.45) is 0 Å². The van der Waals surface area contributed by atoms with Crippen molar-refractivity contribution in [3.8, 4) is 11.5 Å². The van der Waals surface area contributed by atoms with Crippen molar-refractivity contribution in [2.45, 2.75) is 18.3 Å². The Hall–Kier alpha value is -2.04. The molecule has 2 N–H and O–H groups in total. The van der Waals surface area contributed by atoms with Gasteiger partial charge in [0.05, 0.1) is 5.41 Å². The van der Waals surface area contributed by atoms with Gasteiger partial charge in [-0.05, 0) is 37.1 Å². The zero-order valence-electron chi connectivity index (χ0n) is 12.1. The van der Waals surface area contributed by atoms with Crippen LogP contribution in [0.15, 0.2) is 47.0 Å². The van der Waals surface area contributed by atoms with Gasteiger partial charge in [-0.15, -0.1) is 0 Å². The maximum atomic E-state index is 6.38. The zero-order valence-corrected chi connectivity index (χ0v) is 13.6. The summed E-state index contributed by atoms with van der Waals surface area (Å²) in [5.41, 5.74) is 7.67. The van der Waals surface area contributed by atoms with E-state index in [1.165, 1.54) is 0 Å². The molecule has 1 aliphatic carbocycles. The third-order valence-corrected chi connectivity index (χ3v) is 4.76.